The molecule has 8 heteroatoms. The summed E-state index contributed by atoms with van der Waals surface area (Å²) >= 11 is 0. The van der Waals surface area contributed by atoms with E-state index in [1.807, 2.05) is 86.6 Å². The second kappa shape index (κ2) is 11.3. The van der Waals surface area contributed by atoms with Gasteiger partial charge in [0.15, 0.2) is 0 Å². The second-order valence-electron chi connectivity index (χ2n) is 9.51. The topological polar surface area (TPSA) is 85.0 Å². The molecule has 3 amide bonds. The normalized spacial score (nSPS) is 13.6. The quantitative estimate of drug-likeness (QED) is 0.442. The lowest BCUT2D eigenvalue weighted by Crippen LogP contribution is -2.34. The predicted molar refractivity (Wildman–Crippen MR) is 153 cm³/mol. The molecule has 3 aromatic rings. The van der Waals surface area contributed by atoms with Crippen LogP contribution in [-0.4, -0.2) is 68.8 Å². The lowest BCUT2D eigenvalue weighted by atomic mass is 9.98. The van der Waals surface area contributed by atoms with Crippen molar-refractivity contribution in [1.82, 2.24) is 9.80 Å². The molecule has 0 atom stereocenters. The molecule has 0 bridgehead atoms. The van der Waals surface area contributed by atoms with Crippen molar-refractivity contribution >= 4 is 46.1 Å². The number of nitrogens with zero attached hydrogens (tertiary/aromatic N) is 3. The van der Waals surface area contributed by atoms with E-state index in [4.69, 9.17) is 0 Å². The molecule has 0 aromatic heterocycles. The molecule has 3 aromatic carbocycles. The van der Waals surface area contributed by atoms with Crippen LogP contribution in [0.5, 0.6) is 0 Å². The third kappa shape index (κ3) is 5.60. The van der Waals surface area contributed by atoms with E-state index >= 15 is 0 Å². The van der Waals surface area contributed by atoms with Crippen molar-refractivity contribution < 1.29 is 14.4 Å². The van der Waals surface area contributed by atoms with E-state index in [1.54, 1.807) is 36.0 Å². The zero-order chi connectivity index (χ0) is 27.4. The highest BCUT2D eigenvalue weighted by atomic mass is 16.2. The van der Waals surface area contributed by atoms with Gasteiger partial charge in [0.25, 0.3) is 11.8 Å². The fraction of sp³-hybridized carbons (Fsp3) is 0.233. The molecule has 4 rings (SSSR count). The van der Waals surface area contributed by atoms with Gasteiger partial charge in [-0.15, -0.1) is 0 Å². The molecule has 38 heavy (non-hydrogen) atoms. The van der Waals surface area contributed by atoms with Crippen molar-refractivity contribution in [3.8, 4) is 0 Å². The summed E-state index contributed by atoms with van der Waals surface area (Å²) < 4.78 is 0. The standard InChI is InChI=1S/C30H33N5O3/c1-6-34(4)30(38)21-12-17-24-25(18-21)32-29(37)27(24)28(20-10-8-7-9-11-20)31-22-13-15-23(16-14-22)35(5)26(36)19-33(2)3/h7-18,31H,6,19H2,1-5H3,(H,32,37)/b28-27-. The highest BCUT2D eigenvalue weighted by molar-refractivity contribution is 6.37. The third-order valence-corrected chi connectivity index (χ3v) is 6.49. The monoisotopic (exact) mass is 511 g/mol. The van der Waals surface area contributed by atoms with Crippen LogP contribution in [0.25, 0.3) is 11.3 Å². The number of hydrogen-bond acceptors (Lipinski definition) is 5. The Labute approximate surface area is 223 Å². The number of anilines is 3. The van der Waals surface area contributed by atoms with Gasteiger partial charge in [-0.05, 0) is 63.0 Å². The first-order chi connectivity index (χ1) is 18.2. The summed E-state index contributed by atoms with van der Waals surface area (Å²) in [7, 11) is 7.22. The SMILES string of the molecule is CCN(C)C(=O)c1ccc2c(c1)NC(=O)/C2=C(\Nc1ccc(N(C)C(=O)CN(C)C)cc1)c1ccccc1. The van der Waals surface area contributed by atoms with Crippen LogP contribution in [-0.2, 0) is 9.59 Å². The van der Waals surface area contributed by atoms with Crippen LogP contribution < -0.4 is 15.5 Å². The van der Waals surface area contributed by atoms with Crippen LogP contribution in [0.2, 0.25) is 0 Å². The minimum absolute atomic E-state index is 0.00924. The lowest BCUT2D eigenvalue weighted by molar-refractivity contribution is -0.119. The Morgan fingerprint density at radius 3 is 2.18 bits per heavy atom. The maximum Gasteiger partial charge on any atom is 0.258 e. The van der Waals surface area contributed by atoms with Crippen LogP contribution >= 0.6 is 0 Å². The molecule has 0 saturated carbocycles. The number of fused-ring (bicyclic) bond motifs is 1. The molecule has 1 aliphatic rings. The van der Waals surface area contributed by atoms with Gasteiger partial charge in [-0.2, -0.15) is 0 Å². The number of carbonyl (C=O) groups excluding carboxylic acids is 3. The van der Waals surface area contributed by atoms with Gasteiger partial charge in [0, 0.05) is 48.8 Å². The zero-order valence-electron chi connectivity index (χ0n) is 22.4. The third-order valence-electron chi connectivity index (χ3n) is 6.49. The predicted octanol–water partition coefficient (Wildman–Crippen LogP) is 4.24. The van der Waals surface area contributed by atoms with Crippen LogP contribution in [0, 0.1) is 0 Å². The van der Waals surface area contributed by atoms with E-state index in [1.165, 1.54) is 0 Å². The molecular formula is C30H33N5O3. The fourth-order valence-electron chi connectivity index (χ4n) is 4.24. The Morgan fingerprint density at radius 2 is 1.55 bits per heavy atom. The molecule has 8 nitrogen and oxygen atoms in total. The first kappa shape index (κ1) is 26.6. The number of amides is 3. The number of rotatable bonds is 8. The summed E-state index contributed by atoms with van der Waals surface area (Å²) in [6.45, 7) is 2.82. The molecule has 2 N–H and O–H groups in total. The van der Waals surface area contributed by atoms with Crippen LogP contribution in [0.4, 0.5) is 17.1 Å². The highest BCUT2D eigenvalue weighted by Gasteiger charge is 2.29. The number of hydrogen-bond donors (Lipinski definition) is 2. The largest absolute Gasteiger partial charge is 0.354 e. The van der Waals surface area contributed by atoms with Gasteiger partial charge in [-0.25, -0.2) is 0 Å². The molecule has 0 fully saturated rings. The lowest BCUT2D eigenvalue weighted by Gasteiger charge is -2.20. The first-order valence-corrected chi connectivity index (χ1v) is 12.5. The van der Waals surface area contributed by atoms with Crippen LogP contribution in [0.1, 0.15) is 28.4 Å². The molecule has 1 aliphatic heterocycles. The average Bonchev–Trinajstić information content (AvgIpc) is 3.25. The molecule has 0 spiro atoms. The first-order valence-electron chi connectivity index (χ1n) is 12.5. The van der Waals surface area contributed by atoms with Gasteiger partial charge >= 0.3 is 0 Å². The van der Waals surface area contributed by atoms with Gasteiger partial charge in [0.1, 0.15) is 0 Å². The molecule has 196 valence electrons. The Bertz CT molecular complexity index is 1380. The Balaban J connectivity index is 1.71. The maximum atomic E-state index is 13.3. The Kier molecular flexibility index (Phi) is 7.93. The summed E-state index contributed by atoms with van der Waals surface area (Å²) in [4.78, 5) is 43.4. The van der Waals surface area contributed by atoms with Crippen molar-refractivity contribution in [2.75, 3.05) is 56.8 Å². The summed E-state index contributed by atoms with van der Waals surface area (Å²) in [5.74, 6) is -0.354. The number of carbonyl (C=O) groups is 3. The second-order valence-corrected chi connectivity index (χ2v) is 9.51. The number of nitrogens with one attached hydrogen (secondary N) is 2. The van der Waals surface area contributed by atoms with Crippen LogP contribution in [0.15, 0.2) is 72.8 Å². The van der Waals surface area contributed by atoms with Crippen molar-refractivity contribution in [2.45, 2.75) is 6.92 Å². The van der Waals surface area contributed by atoms with E-state index in [2.05, 4.69) is 10.6 Å². The average molecular weight is 512 g/mol. The summed E-state index contributed by atoms with van der Waals surface area (Å²) in [5.41, 5.74) is 5.38. The smallest absolute Gasteiger partial charge is 0.258 e. The van der Waals surface area contributed by atoms with Gasteiger partial charge in [-0.1, -0.05) is 36.4 Å². The highest BCUT2D eigenvalue weighted by Crippen LogP contribution is 2.38. The van der Waals surface area contributed by atoms with Gasteiger partial charge in [-0.3, -0.25) is 14.4 Å². The van der Waals surface area contributed by atoms with E-state index in [-0.39, 0.29) is 17.7 Å². The van der Waals surface area contributed by atoms with Crippen molar-refractivity contribution in [1.29, 1.82) is 0 Å². The van der Waals surface area contributed by atoms with E-state index < -0.39 is 0 Å². The molecule has 1 heterocycles. The fourth-order valence-corrected chi connectivity index (χ4v) is 4.24. The molecule has 0 unspecified atom stereocenters. The number of benzene rings is 3. The van der Waals surface area contributed by atoms with E-state index in [0.29, 0.717) is 35.6 Å². The summed E-state index contributed by atoms with van der Waals surface area (Å²) in [5, 5.41) is 6.36. The molecule has 0 aliphatic carbocycles. The van der Waals surface area contributed by atoms with Crippen molar-refractivity contribution in [3.63, 3.8) is 0 Å². The zero-order valence-corrected chi connectivity index (χ0v) is 22.4. The Morgan fingerprint density at radius 1 is 0.868 bits per heavy atom. The van der Waals surface area contributed by atoms with E-state index in [9.17, 15) is 14.4 Å². The van der Waals surface area contributed by atoms with Gasteiger partial charge < -0.3 is 25.3 Å². The van der Waals surface area contributed by atoms with Crippen molar-refractivity contribution in [2.24, 2.45) is 0 Å². The Hall–Kier alpha value is -4.43. The van der Waals surface area contributed by atoms with Crippen molar-refractivity contribution in [3.05, 3.63) is 89.5 Å². The maximum absolute atomic E-state index is 13.3. The van der Waals surface area contributed by atoms with Crippen LogP contribution in [0.3, 0.4) is 0 Å². The molecule has 0 radical (unpaired) electrons. The molecular weight excluding hydrogens is 478 g/mol. The van der Waals surface area contributed by atoms with Gasteiger partial charge in [0.05, 0.1) is 17.8 Å². The van der Waals surface area contributed by atoms with Gasteiger partial charge in [0.2, 0.25) is 5.91 Å². The minimum Gasteiger partial charge on any atom is -0.354 e. The summed E-state index contributed by atoms with van der Waals surface area (Å²) in [6.07, 6.45) is 0. The number of likely N-dealkylation sites (N-methyl/N-ethyl adjacent to an activating group) is 2. The minimum atomic E-state index is -0.245. The molecule has 0 saturated heterocycles. The van der Waals surface area contributed by atoms with E-state index in [0.717, 1.165) is 22.5 Å². The summed E-state index contributed by atoms with van der Waals surface area (Å²) in [6, 6.07) is 22.4.